The van der Waals surface area contributed by atoms with E-state index in [9.17, 15) is 9.90 Å². The van der Waals surface area contributed by atoms with Crippen molar-refractivity contribution in [3.05, 3.63) is 42.0 Å². The Morgan fingerprint density at radius 2 is 1.63 bits per heavy atom. The monoisotopic (exact) mass is 368 g/mol. The third-order valence-electron chi connectivity index (χ3n) is 6.47. The fraction of sp³-hybridized carbons (Fsp3) is 0.522. The lowest BCUT2D eigenvalue weighted by atomic mass is 9.77. The minimum absolute atomic E-state index is 0.146. The molecule has 1 aliphatic heterocycles. The molecule has 0 spiro atoms. The summed E-state index contributed by atoms with van der Waals surface area (Å²) in [6, 6.07) is 12.2. The van der Waals surface area contributed by atoms with Crippen LogP contribution < -0.4 is 4.90 Å². The summed E-state index contributed by atoms with van der Waals surface area (Å²) in [7, 11) is 2.24. The molecule has 4 heteroatoms. The van der Waals surface area contributed by atoms with Gasteiger partial charge in [0, 0.05) is 29.4 Å². The first kappa shape index (κ1) is 19.7. The van der Waals surface area contributed by atoms with E-state index in [1.807, 2.05) is 12.1 Å². The van der Waals surface area contributed by atoms with Gasteiger partial charge in [-0.05, 0) is 89.5 Å². The fourth-order valence-electron chi connectivity index (χ4n) is 4.74. The van der Waals surface area contributed by atoms with E-state index >= 15 is 0 Å². The van der Waals surface area contributed by atoms with Crippen LogP contribution in [0.1, 0.15) is 57.8 Å². The van der Waals surface area contributed by atoms with Crippen LogP contribution in [0, 0.1) is 0 Å². The van der Waals surface area contributed by atoms with Gasteiger partial charge in [-0.1, -0.05) is 12.1 Å². The molecule has 1 N–H and O–H groups in total. The Labute approximate surface area is 162 Å². The van der Waals surface area contributed by atoms with Crippen molar-refractivity contribution in [3.8, 4) is 0 Å². The number of piperidine rings is 1. The summed E-state index contributed by atoms with van der Waals surface area (Å²) in [5, 5.41) is 11.3. The van der Waals surface area contributed by atoms with Crippen LogP contribution in [0.2, 0.25) is 0 Å². The molecular formula is C23H32N2O2. The summed E-state index contributed by atoms with van der Waals surface area (Å²) in [5.41, 5.74) is 1.84. The van der Waals surface area contributed by atoms with Crippen LogP contribution in [-0.2, 0) is 0 Å². The zero-order valence-electron chi connectivity index (χ0n) is 17.4. The Morgan fingerprint density at radius 1 is 1.07 bits per heavy atom. The molecule has 0 amide bonds. The Bertz CT molecular complexity index is 839. The number of benzene rings is 2. The molecule has 0 bridgehead atoms. The van der Waals surface area contributed by atoms with E-state index in [1.165, 1.54) is 5.69 Å². The summed E-state index contributed by atoms with van der Waals surface area (Å²) in [6.07, 6.45) is 2.24. The lowest BCUT2D eigenvalue weighted by Crippen LogP contribution is -2.62. The van der Waals surface area contributed by atoms with E-state index in [4.69, 9.17) is 0 Å². The number of likely N-dealkylation sites (tertiary alicyclic amines) is 1. The second kappa shape index (κ2) is 6.83. The zero-order chi connectivity index (χ0) is 20.0. The van der Waals surface area contributed by atoms with Gasteiger partial charge in [0.2, 0.25) is 0 Å². The number of carboxylic acid groups (broad SMARTS) is 1. The van der Waals surface area contributed by atoms with Gasteiger partial charge in [-0.25, -0.2) is 4.79 Å². The number of hydrogen-bond donors (Lipinski definition) is 1. The maximum atomic E-state index is 11.2. The second-order valence-electron chi connectivity index (χ2n) is 9.08. The van der Waals surface area contributed by atoms with Crippen molar-refractivity contribution in [2.24, 2.45) is 0 Å². The minimum Gasteiger partial charge on any atom is -0.478 e. The number of carbonyl (C=O) groups is 1. The molecule has 2 aromatic carbocycles. The molecule has 1 saturated heterocycles. The molecule has 0 unspecified atom stereocenters. The van der Waals surface area contributed by atoms with Crippen molar-refractivity contribution in [1.82, 2.24) is 4.90 Å². The van der Waals surface area contributed by atoms with Gasteiger partial charge in [-0.3, -0.25) is 4.90 Å². The number of nitrogens with zero attached hydrogens (tertiary/aromatic N) is 2. The van der Waals surface area contributed by atoms with E-state index in [1.54, 1.807) is 12.1 Å². The Morgan fingerprint density at radius 3 is 2.19 bits per heavy atom. The smallest absolute Gasteiger partial charge is 0.335 e. The third kappa shape index (κ3) is 3.68. The van der Waals surface area contributed by atoms with E-state index in [0.29, 0.717) is 11.6 Å². The molecule has 0 saturated carbocycles. The highest BCUT2D eigenvalue weighted by atomic mass is 16.4. The molecule has 0 radical (unpaired) electrons. The lowest BCUT2D eigenvalue weighted by Gasteiger charge is -2.56. The molecule has 2 aromatic rings. The predicted octanol–water partition coefficient (Wildman–Crippen LogP) is 5.02. The van der Waals surface area contributed by atoms with Crippen molar-refractivity contribution in [2.75, 3.05) is 18.5 Å². The molecule has 1 aliphatic rings. The maximum Gasteiger partial charge on any atom is 0.335 e. The van der Waals surface area contributed by atoms with Crippen LogP contribution in [0.4, 0.5) is 5.69 Å². The molecule has 4 nitrogen and oxygen atoms in total. The van der Waals surface area contributed by atoms with Gasteiger partial charge < -0.3 is 10.0 Å². The first-order valence-corrected chi connectivity index (χ1v) is 9.83. The van der Waals surface area contributed by atoms with Crippen LogP contribution in [-0.4, -0.2) is 46.7 Å². The average Bonchev–Trinajstić information content (AvgIpc) is 2.59. The first-order chi connectivity index (χ1) is 12.5. The first-order valence-electron chi connectivity index (χ1n) is 9.83. The lowest BCUT2D eigenvalue weighted by molar-refractivity contribution is -0.0125. The molecule has 1 heterocycles. The molecule has 1 fully saturated rings. The van der Waals surface area contributed by atoms with Crippen molar-refractivity contribution in [2.45, 2.75) is 64.6 Å². The van der Waals surface area contributed by atoms with Gasteiger partial charge in [0.25, 0.3) is 0 Å². The van der Waals surface area contributed by atoms with Crippen LogP contribution in [0.3, 0.4) is 0 Å². The van der Waals surface area contributed by atoms with E-state index in [-0.39, 0.29) is 11.1 Å². The highest BCUT2D eigenvalue weighted by Gasteiger charge is 2.44. The van der Waals surface area contributed by atoms with Crippen LogP contribution in [0.25, 0.3) is 10.8 Å². The highest BCUT2D eigenvalue weighted by Crippen LogP contribution is 2.40. The van der Waals surface area contributed by atoms with Gasteiger partial charge >= 0.3 is 5.97 Å². The number of anilines is 1. The summed E-state index contributed by atoms with van der Waals surface area (Å²) in [4.78, 5) is 16.2. The van der Waals surface area contributed by atoms with Gasteiger partial charge in [0.05, 0.1) is 5.56 Å². The SMILES string of the molecule is CCN(c1ccc2cc(C(=O)O)ccc2c1)C1CC(C)(C)N(C)C(C)(C)C1. The topological polar surface area (TPSA) is 43.8 Å². The van der Waals surface area contributed by atoms with Crippen molar-refractivity contribution >= 4 is 22.4 Å². The number of hydrogen-bond acceptors (Lipinski definition) is 3. The third-order valence-corrected chi connectivity index (χ3v) is 6.47. The van der Waals surface area contributed by atoms with E-state index < -0.39 is 5.97 Å². The predicted molar refractivity (Wildman–Crippen MR) is 113 cm³/mol. The van der Waals surface area contributed by atoms with Gasteiger partial charge in [-0.15, -0.1) is 0 Å². The molecule has 0 aliphatic carbocycles. The normalized spacial score (nSPS) is 19.9. The largest absolute Gasteiger partial charge is 0.478 e. The van der Waals surface area contributed by atoms with E-state index in [0.717, 1.165) is 30.2 Å². The van der Waals surface area contributed by atoms with Crippen LogP contribution in [0.5, 0.6) is 0 Å². The maximum absolute atomic E-state index is 11.2. The number of carboxylic acids is 1. The van der Waals surface area contributed by atoms with Gasteiger partial charge in [-0.2, -0.15) is 0 Å². The minimum atomic E-state index is -0.882. The van der Waals surface area contributed by atoms with Crippen molar-refractivity contribution in [1.29, 1.82) is 0 Å². The molecule has 146 valence electrons. The zero-order valence-corrected chi connectivity index (χ0v) is 17.4. The Hall–Kier alpha value is -2.07. The highest BCUT2D eigenvalue weighted by molar-refractivity contribution is 5.95. The molecular weight excluding hydrogens is 336 g/mol. The standard InChI is InChI=1S/C23H32N2O2/c1-7-25(20-14-22(2,3)24(6)23(4,5)15-20)19-11-10-16-12-18(21(26)27)9-8-17(16)13-19/h8-13,20H,7,14-15H2,1-6H3,(H,26,27). The second-order valence-corrected chi connectivity index (χ2v) is 9.08. The molecule has 27 heavy (non-hydrogen) atoms. The Kier molecular flexibility index (Phi) is 4.98. The summed E-state index contributed by atoms with van der Waals surface area (Å²) in [5.74, 6) is -0.882. The number of rotatable bonds is 4. The number of fused-ring (bicyclic) bond motifs is 1. The van der Waals surface area contributed by atoms with Gasteiger partial charge in [0.1, 0.15) is 0 Å². The van der Waals surface area contributed by atoms with Crippen LogP contribution in [0.15, 0.2) is 36.4 Å². The van der Waals surface area contributed by atoms with E-state index in [2.05, 4.69) is 63.6 Å². The quantitative estimate of drug-likeness (QED) is 0.823. The van der Waals surface area contributed by atoms with Crippen LogP contribution >= 0.6 is 0 Å². The summed E-state index contributed by atoms with van der Waals surface area (Å²) in [6.45, 7) is 12.5. The molecule has 3 rings (SSSR count). The summed E-state index contributed by atoms with van der Waals surface area (Å²) >= 11 is 0. The van der Waals surface area contributed by atoms with Crippen molar-refractivity contribution in [3.63, 3.8) is 0 Å². The Balaban J connectivity index is 1.95. The fourth-order valence-corrected chi connectivity index (χ4v) is 4.74. The molecule has 0 aromatic heterocycles. The summed E-state index contributed by atoms with van der Waals surface area (Å²) < 4.78 is 0. The van der Waals surface area contributed by atoms with Gasteiger partial charge in [0.15, 0.2) is 0 Å². The average molecular weight is 369 g/mol. The number of aromatic carboxylic acids is 1. The van der Waals surface area contributed by atoms with Crippen molar-refractivity contribution < 1.29 is 9.90 Å². The molecule has 0 atom stereocenters.